The van der Waals surface area contributed by atoms with Crippen molar-refractivity contribution >= 4 is 17.5 Å². The van der Waals surface area contributed by atoms with E-state index in [1.165, 1.54) is 16.8 Å². The van der Waals surface area contributed by atoms with Gasteiger partial charge in [0.25, 0.3) is 5.91 Å². The predicted molar refractivity (Wildman–Crippen MR) is 110 cm³/mol. The van der Waals surface area contributed by atoms with Gasteiger partial charge < -0.3 is 14.2 Å². The molecular formula is C23H18F3N5O2. The molecule has 2 aliphatic rings. The maximum Gasteiger partial charge on any atom is 0.416 e. The number of likely N-dealkylation sites (tertiary alicyclic amines) is 2. The Morgan fingerprint density at radius 1 is 1.15 bits per heavy atom. The summed E-state index contributed by atoms with van der Waals surface area (Å²) < 4.78 is 40.1. The number of imidazole rings is 1. The number of aromatic nitrogens is 2. The van der Waals surface area contributed by atoms with Crippen molar-refractivity contribution in [3.05, 3.63) is 71.2 Å². The van der Waals surface area contributed by atoms with E-state index < -0.39 is 11.7 Å². The van der Waals surface area contributed by atoms with Crippen LogP contribution in [-0.2, 0) is 17.4 Å². The second-order valence-electron chi connectivity index (χ2n) is 8.47. The van der Waals surface area contributed by atoms with Crippen LogP contribution in [-0.4, -0.2) is 56.2 Å². The van der Waals surface area contributed by atoms with Crippen molar-refractivity contribution in [3.63, 3.8) is 0 Å². The summed E-state index contributed by atoms with van der Waals surface area (Å²) in [6, 6.07) is 10.7. The van der Waals surface area contributed by atoms with Gasteiger partial charge >= 0.3 is 6.18 Å². The number of carbonyl (C=O) groups is 2. The lowest BCUT2D eigenvalue weighted by Crippen LogP contribution is -2.78. The zero-order valence-corrected chi connectivity index (χ0v) is 17.3. The van der Waals surface area contributed by atoms with E-state index in [0.29, 0.717) is 25.2 Å². The van der Waals surface area contributed by atoms with Gasteiger partial charge in [-0.15, -0.1) is 0 Å². The Kier molecular flexibility index (Phi) is 4.67. The van der Waals surface area contributed by atoms with Gasteiger partial charge in [0.15, 0.2) is 0 Å². The number of hydrogen-bond donors (Lipinski definition) is 0. The molecule has 10 heteroatoms. The van der Waals surface area contributed by atoms with Gasteiger partial charge in [-0.3, -0.25) is 9.59 Å². The quantitative estimate of drug-likeness (QED) is 0.611. The summed E-state index contributed by atoms with van der Waals surface area (Å²) in [7, 11) is 0. The molecule has 0 N–H and O–H groups in total. The first-order valence-corrected chi connectivity index (χ1v) is 10.3. The number of rotatable bonds is 3. The van der Waals surface area contributed by atoms with Crippen LogP contribution in [0.5, 0.6) is 0 Å². The molecule has 2 saturated heterocycles. The van der Waals surface area contributed by atoms with Gasteiger partial charge in [0.2, 0.25) is 5.91 Å². The number of pyridine rings is 1. The molecule has 2 aliphatic heterocycles. The number of halogens is 3. The molecule has 2 amide bonds. The van der Waals surface area contributed by atoms with Crippen LogP contribution >= 0.6 is 0 Å². The molecule has 2 fully saturated rings. The van der Waals surface area contributed by atoms with Crippen molar-refractivity contribution in [3.8, 4) is 6.07 Å². The van der Waals surface area contributed by atoms with Crippen LogP contribution < -0.4 is 0 Å². The minimum absolute atomic E-state index is 0.0366. The molecule has 2 aromatic heterocycles. The molecule has 7 nitrogen and oxygen atoms in total. The van der Waals surface area contributed by atoms with Gasteiger partial charge in [-0.25, -0.2) is 4.98 Å². The van der Waals surface area contributed by atoms with Crippen LogP contribution in [0.15, 0.2) is 48.8 Å². The Morgan fingerprint density at radius 3 is 2.48 bits per heavy atom. The fourth-order valence-corrected chi connectivity index (χ4v) is 4.46. The Bertz CT molecular complexity index is 1300. The van der Waals surface area contributed by atoms with Crippen LogP contribution in [0.4, 0.5) is 13.2 Å². The van der Waals surface area contributed by atoms with E-state index in [-0.39, 0.29) is 35.1 Å². The van der Waals surface area contributed by atoms with E-state index >= 15 is 0 Å². The lowest BCUT2D eigenvalue weighted by Gasteiger charge is -2.62. The summed E-state index contributed by atoms with van der Waals surface area (Å²) in [6.45, 7) is 1.35. The van der Waals surface area contributed by atoms with E-state index in [0.717, 1.165) is 24.1 Å². The van der Waals surface area contributed by atoms with Crippen molar-refractivity contribution in [2.24, 2.45) is 0 Å². The third kappa shape index (κ3) is 3.59. The maximum absolute atomic E-state index is 12.9. The molecule has 0 saturated carbocycles. The second-order valence-corrected chi connectivity index (χ2v) is 8.47. The van der Waals surface area contributed by atoms with Gasteiger partial charge in [0, 0.05) is 32.0 Å². The molecule has 33 heavy (non-hydrogen) atoms. The molecule has 0 radical (unpaired) electrons. The smallest absolute Gasteiger partial charge is 0.333 e. The summed E-state index contributed by atoms with van der Waals surface area (Å²) in [5.74, 6) is -0.408. The monoisotopic (exact) mass is 453 g/mol. The summed E-state index contributed by atoms with van der Waals surface area (Å²) in [6.07, 6.45) is -0.836. The third-order valence-electron chi connectivity index (χ3n) is 6.38. The molecule has 0 aliphatic carbocycles. The lowest BCUT2D eigenvalue weighted by atomic mass is 9.77. The summed E-state index contributed by atoms with van der Waals surface area (Å²) in [5, 5.41) is 8.88. The van der Waals surface area contributed by atoms with Crippen LogP contribution in [0.25, 0.3) is 5.65 Å². The van der Waals surface area contributed by atoms with E-state index in [2.05, 4.69) is 4.98 Å². The topological polar surface area (TPSA) is 81.7 Å². The van der Waals surface area contributed by atoms with E-state index in [1.54, 1.807) is 34.1 Å². The van der Waals surface area contributed by atoms with Crippen molar-refractivity contribution in [2.75, 3.05) is 19.6 Å². The van der Waals surface area contributed by atoms with Crippen molar-refractivity contribution < 1.29 is 22.8 Å². The van der Waals surface area contributed by atoms with Crippen molar-refractivity contribution in [2.45, 2.75) is 24.6 Å². The van der Waals surface area contributed by atoms with Crippen LogP contribution in [0.2, 0.25) is 0 Å². The Morgan fingerprint density at radius 2 is 1.88 bits per heavy atom. The number of amides is 2. The number of nitrogens with zero attached hydrogens (tertiary/aromatic N) is 5. The first kappa shape index (κ1) is 21.0. The first-order valence-electron chi connectivity index (χ1n) is 10.3. The molecule has 0 atom stereocenters. The first-order chi connectivity index (χ1) is 15.7. The van der Waals surface area contributed by atoms with Gasteiger partial charge in [0.1, 0.15) is 11.3 Å². The molecule has 5 rings (SSSR count). The molecule has 0 unspecified atom stereocenters. The van der Waals surface area contributed by atoms with Crippen LogP contribution in [0, 0.1) is 11.3 Å². The normalized spacial score (nSPS) is 16.9. The summed E-state index contributed by atoms with van der Waals surface area (Å²) in [4.78, 5) is 33.0. The second kappa shape index (κ2) is 7.33. The number of alkyl halides is 3. The fraction of sp³-hybridized carbons (Fsp3) is 0.304. The highest BCUT2D eigenvalue weighted by Crippen LogP contribution is 2.40. The number of hydrogen-bond acceptors (Lipinski definition) is 4. The third-order valence-corrected chi connectivity index (χ3v) is 6.38. The predicted octanol–water partition coefficient (Wildman–Crippen LogP) is 2.89. The van der Waals surface area contributed by atoms with E-state index in [4.69, 9.17) is 5.26 Å². The van der Waals surface area contributed by atoms with Crippen LogP contribution in [0.1, 0.15) is 33.6 Å². The zero-order valence-electron chi connectivity index (χ0n) is 17.3. The number of carbonyl (C=O) groups excluding carboxylic acids is 2. The molecule has 0 bridgehead atoms. The standard InChI is InChI=1S/C23H18F3N5O2/c24-23(25,26)17-5-7-29-12-18(28-19(29)10-17)21(33)30-13-22(14-30)6-8-31(22)20(32)9-15-1-3-16(11-27)4-2-15/h1-5,7,10,12H,6,8-9,13-14H2. The SMILES string of the molecule is N#Cc1ccc(CC(=O)N2CCC23CN(C(=O)c2cn4ccc(C(F)(F)F)cc4n2)C3)cc1. The van der Waals surface area contributed by atoms with Crippen molar-refractivity contribution in [1.82, 2.24) is 19.2 Å². The minimum atomic E-state index is -4.49. The van der Waals surface area contributed by atoms with Crippen molar-refractivity contribution in [1.29, 1.82) is 5.26 Å². The number of nitriles is 1. The fourth-order valence-electron chi connectivity index (χ4n) is 4.46. The lowest BCUT2D eigenvalue weighted by molar-refractivity contribution is -0.161. The molecule has 1 spiro atoms. The molecular weight excluding hydrogens is 435 g/mol. The van der Waals surface area contributed by atoms with Gasteiger partial charge in [0.05, 0.1) is 29.2 Å². The highest BCUT2D eigenvalue weighted by molar-refractivity contribution is 5.94. The Labute approximate surface area is 186 Å². The average molecular weight is 453 g/mol. The van der Waals surface area contributed by atoms with Gasteiger partial charge in [-0.1, -0.05) is 12.1 Å². The molecule has 4 heterocycles. The zero-order chi connectivity index (χ0) is 23.4. The summed E-state index contributed by atoms with van der Waals surface area (Å²) in [5.41, 5.74) is 0.248. The molecule has 1 aromatic carbocycles. The van der Waals surface area contributed by atoms with Crippen LogP contribution in [0.3, 0.4) is 0 Å². The number of fused-ring (bicyclic) bond motifs is 1. The van der Waals surface area contributed by atoms with E-state index in [9.17, 15) is 22.8 Å². The number of benzene rings is 1. The highest BCUT2D eigenvalue weighted by atomic mass is 19.4. The Hall–Kier alpha value is -3.87. The average Bonchev–Trinajstić information content (AvgIpc) is 3.15. The maximum atomic E-state index is 12.9. The highest BCUT2D eigenvalue weighted by Gasteiger charge is 2.56. The Balaban J connectivity index is 1.24. The largest absolute Gasteiger partial charge is 0.416 e. The molecule has 168 valence electrons. The summed E-state index contributed by atoms with van der Waals surface area (Å²) >= 11 is 0. The van der Waals surface area contributed by atoms with E-state index in [1.807, 2.05) is 6.07 Å². The van der Waals surface area contributed by atoms with Gasteiger partial charge in [-0.05, 0) is 36.2 Å². The minimum Gasteiger partial charge on any atom is -0.333 e. The van der Waals surface area contributed by atoms with Gasteiger partial charge in [-0.2, -0.15) is 18.4 Å². The molecule has 3 aromatic rings.